The number of nitrogens with zero attached hydrogens (tertiary/aromatic N) is 5. The SMILES string of the molecule is c1ccc(-c2cc(-c3ccc(-c4ccc(-c5ccc(-c6cc(-c7cccc8ccccc78)cc(-c7nccc8ccccc78)n6)nc5)cc4)cc3)nc(-c3ccccc3)n2)cc1. The van der Waals surface area contributed by atoms with Gasteiger partial charge in [-0.15, -0.1) is 0 Å². The summed E-state index contributed by atoms with van der Waals surface area (Å²) in [6.07, 6.45) is 3.80. The van der Waals surface area contributed by atoms with Gasteiger partial charge >= 0.3 is 0 Å². The van der Waals surface area contributed by atoms with E-state index in [0.717, 1.165) is 95.0 Å². The van der Waals surface area contributed by atoms with Gasteiger partial charge in [0.15, 0.2) is 5.82 Å². The van der Waals surface area contributed by atoms with E-state index in [-0.39, 0.29) is 0 Å². The minimum atomic E-state index is 0.706. The zero-order valence-corrected chi connectivity index (χ0v) is 33.6. The Bertz CT molecular complexity index is 3200. The highest BCUT2D eigenvalue weighted by Crippen LogP contribution is 2.36. The number of aromatic nitrogens is 5. The molecule has 290 valence electrons. The molecule has 0 saturated carbocycles. The molecule has 0 N–H and O–H groups in total. The van der Waals surface area contributed by atoms with Crippen molar-refractivity contribution in [3.8, 4) is 90.1 Å². The normalized spacial score (nSPS) is 11.2. The molecule has 4 heterocycles. The smallest absolute Gasteiger partial charge is 0.160 e. The first kappa shape index (κ1) is 36.7. The minimum Gasteiger partial charge on any atom is -0.254 e. The van der Waals surface area contributed by atoms with Gasteiger partial charge in [-0.25, -0.2) is 15.0 Å². The second-order valence-corrected chi connectivity index (χ2v) is 15.3. The molecule has 0 unspecified atom stereocenters. The van der Waals surface area contributed by atoms with Gasteiger partial charge in [-0.3, -0.25) is 9.97 Å². The van der Waals surface area contributed by atoms with Gasteiger partial charge < -0.3 is 0 Å². The lowest BCUT2D eigenvalue weighted by atomic mass is 9.96. The molecule has 7 aromatic carbocycles. The fourth-order valence-corrected chi connectivity index (χ4v) is 8.21. The van der Waals surface area contributed by atoms with Gasteiger partial charge in [-0.05, 0) is 74.3 Å². The Labute approximate surface area is 359 Å². The Morgan fingerprint density at radius 3 is 1.48 bits per heavy atom. The van der Waals surface area contributed by atoms with Crippen molar-refractivity contribution in [2.24, 2.45) is 0 Å². The first-order chi connectivity index (χ1) is 30.7. The van der Waals surface area contributed by atoms with Crippen LogP contribution in [0, 0.1) is 0 Å². The molecule has 11 rings (SSSR count). The molecule has 11 aromatic rings. The van der Waals surface area contributed by atoms with Crippen LogP contribution in [0.2, 0.25) is 0 Å². The zero-order chi connectivity index (χ0) is 41.2. The predicted molar refractivity (Wildman–Crippen MR) is 254 cm³/mol. The lowest BCUT2D eigenvalue weighted by molar-refractivity contribution is 1.18. The number of hydrogen-bond donors (Lipinski definition) is 0. The van der Waals surface area contributed by atoms with E-state index in [1.807, 2.05) is 54.9 Å². The average Bonchev–Trinajstić information content (AvgIpc) is 3.36. The molecule has 0 aliphatic heterocycles. The maximum absolute atomic E-state index is 5.21. The van der Waals surface area contributed by atoms with Crippen LogP contribution >= 0.6 is 0 Å². The van der Waals surface area contributed by atoms with Crippen molar-refractivity contribution in [2.45, 2.75) is 0 Å². The lowest BCUT2D eigenvalue weighted by Gasteiger charge is -2.13. The molecule has 4 aromatic heterocycles. The van der Waals surface area contributed by atoms with E-state index in [2.05, 4.69) is 170 Å². The summed E-state index contributed by atoms with van der Waals surface area (Å²) in [6.45, 7) is 0. The molecule has 0 radical (unpaired) electrons. The van der Waals surface area contributed by atoms with Crippen LogP contribution in [-0.4, -0.2) is 24.9 Å². The standard InChI is InChI=1S/C57H37N5/c1-3-14-43(15-4-1)52-36-53(62-57(61-52)45-16-5-2-6-17-45)44-28-26-39(27-29-44)38-22-24-40(25-23-38)46-30-31-51(59-37-46)54-34-47(49-21-11-18-41-12-7-9-19-48(41)49)35-55(60-54)56-50-20-10-8-13-42(50)32-33-58-56/h1-37H. The van der Waals surface area contributed by atoms with E-state index in [4.69, 9.17) is 24.9 Å². The van der Waals surface area contributed by atoms with Crippen molar-refractivity contribution in [3.05, 3.63) is 225 Å². The molecule has 0 fully saturated rings. The monoisotopic (exact) mass is 791 g/mol. The maximum Gasteiger partial charge on any atom is 0.160 e. The number of hydrogen-bond acceptors (Lipinski definition) is 5. The van der Waals surface area contributed by atoms with Crippen molar-refractivity contribution in [3.63, 3.8) is 0 Å². The first-order valence-electron chi connectivity index (χ1n) is 20.7. The molecular formula is C57H37N5. The second kappa shape index (κ2) is 16.0. The highest BCUT2D eigenvalue weighted by atomic mass is 14.9. The molecule has 0 aliphatic rings. The summed E-state index contributed by atoms with van der Waals surface area (Å²) in [5, 5.41) is 4.56. The van der Waals surface area contributed by atoms with E-state index in [1.54, 1.807) is 0 Å². The van der Waals surface area contributed by atoms with Gasteiger partial charge in [0.25, 0.3) is 0 Å². The molecule has 62 heavy (non-hydrogen) atoms. The number of pyridine rings is 3. The summed E-state index contributed by atoms with van der Waals surface area (Å²) in [6, 6.07) is 73.6. The Morgan fingerprint density at radius 1 is 0.274 bits per heavy atom. The van der Waals surface area contributed by atoms with Crippen LogP contribution in [0.15, 0.2) is 225 Å². The predicted octanol–water partition coefficient (Wildman–Crippen LogP) is 14.3. The van der Waals surface area contributed by atoms with Crippen LogP contribution < -0.4 is 0 Å². The van der Waals surface area contributed by atoms with Gasteiger partial charge in [0, 0.05) is 40.0 Å². The summed E-state index contributed by atoms with van der Waals surface area (Å²) in [5.41, 5.74) is 14.7. The molecule has 0 saturated heterocycles. The van der Waals surface area contributed by atoms with E-state index >= 15 is 0 Å². The van der Waals surface area contributed by atoms with E-state index in [0.29, 0.717) is 5.82 Å². The van der Waals surface area contributed by atoms with Crippen LogP contribution in [-0.2, 0) is 0 Å². The molecule has 0 bridgehead atoms. The van der Waals surface area contributed by atoms with Gasteiger partial charge in [-0.1, -0.05) is 182 Å². The topological polar surface area (TPSA) is 64.5 Å². The highest BCUT2D eigenvalue weighted by Gasteiger charge is 2.16. The minimum absolute atomic E-state index is 0.706. The fourth-order valence-electron chi connectivity index (χ4n) is 8.21. The van der Waals surface area contributed by atoms with E-state index < -0.39 is 0 Å². The summed E-state index contributed by atoms with van der Waals surface area (Å²) < 4.78 is 0. The second-order valence-electron chi connectivity index (χ2n) is 15.3. The van der Waals surface area contributed by atoms with E-state index in [1.165, 1.54) is 10.8 Å². The van der Waals surface area contributed by atoms with Crippen LogP contribution in [0.3, 0.4) is 0 Å². The molecule has 0 amide bonds. The molecular weight excluding hydrogens is 755 g/mol. The summed E-state index contributed by atoms with van der Waals surface area (Å²) in [5.74, 6) is 0.706. The van der Waals surface area contributed by atoms with Gasteiger partial charge in [0.05, 0.1) is 34.2 Å². The van der Waals surface area contributed by atoms with Gasteiger partial charge in [0.2, 0.25) is 0 Å². The third kappa shape index (κ3) is 7.18. The van der Waals surface area contributed by atoms with Crippen molar-refractivity contribution in [1.29, 1.82) is 0 Å². The van der Waals surface area contributed by atoms with Crippen LogP contribution in [0.5, 0.6) is 0 Å². The van der Waals surface area contributed by atoms with Crippen LogP contribution in [0.4, 0.5) is 0 Å². The third-order valence-corrected chi connectivity index (χ3v) is 11.4. The molecule has 5 heteroatoms. The summed E-state index contributed by atoms with van der Waals surface area (Å²) >= 11 is 0. The molecule has 5 nitrogen and oxygen atoms in total. The summed E-state index contributed by atoms with van der Waals surface area (Å²) in [4.78, 5) is 25.0. The van der Waals surface area contributed by atoms with E-state index in [9.17, 15) is 0 Å². The zero-order valence-electron chi connectivity index (χ0n) is 33.6. The first-order valence-corrected chi connectivity index (χ1v) is 20.7. The summed E-state index contributed by atoms with van der Waals surface area (Å²) in [7, 11) is 0. The van der Waals surface area contributed by atoms with Crippen molar-refractivity contribution in [1.82, 2.24) is 24.9 Å². The Morgan fingerprint density at radius 2 is 0.806 bits per heavy atom. The Balaban J connectivity index is 0.890. The quantitative estimate of drug-likeness (QED) is 0.153. The van der Waals surface area contributed by atoms with Gasteiger partial charge in [-0.2, -0.15) is 0 Å². The van der Waals surface area contributed by atoms with Crippen molar-refractivity contribution >= 4 is 21.5 Å². The van der Waals surface area contributed by atoms with Crippen LogP contribution in [0.25, 0.3) is 112 Å². The van der Waals surface area contributed by atoms with Crippen molar-refractivity contribution in [2.75, 3.05) is 0 Å². The fraction of sp³-hybridized carbons (Fsp3) is 0. The molecule has 0 aliphatic carbocycles. The average molecular weight is 792 g/mol. The number of fused-ring (bicyclic) bond motifs is 2. The highest BCUT2D eigenvalue weighted by molar-refractivity contribution is 5.99. The lowest BCUT2D eigenvalue weighted by Crippen LogP contribution is -1.96. The van der Waals surface area contributed by atoms with Gasteiger partial charge in [0.1, 0.15) is 0 Å². The number of benzene rings is 7. The van der Waals surface area contributed by atoms with Crippen molar-refractivity contribution < 1.29 is 0 Å². The molecule has 0 spiro atoms. The Hall–Kier alpha value is -8.41. The third-order valence-electron chi connectivity index (χ3n) is 11.4. The largest absolute Gasteiger partial charge is 0.254 e. The maximum atomic E-state index is 5.21. The number of rotatable bonds is 8. The Kier molecular flexibility index (Phi) is 9.45. The van der Waals surface area contributed by atoms with Crippen LogP contribution in [0.1, 0.15) is 0 Å². The molecule has 0 atom stereocenters.